The Kier molecular flexibility index (Phi) is 9.75. The molecule has 0 aromatic rings. The first kappa shape index (κ1) is 28.7. The van der Waals surface area contributed by atoms with Crippen LogP contribution in [0.25, 0.3) is 0 Å². The summed E-state index contributed by atoms with van der Waals surface area (Å²) < 4.78 is 16.5. The van der Waals surface area contributed by atoms with E-state index in [9.17, 15) is 45.3 Å². The molecule has 0 aliphatic carbocycles. The highest BCUT2D eigenvalue weighted by Crippen LogP contribution is 2.36. The summed E-state index contributed by atoms with van der Waals surface area (Å²) in [6.45, 7) is 3.56. The molecule has 0 spiro atoms. The van der Waals surface area contributed by atoms with Gasteiger partial charge in [-0.25, -0.2) is 9.59 Å². The van der Waals surface area contributed by atoms with Crippen LogP contribution in [-0.2, 0) is 23.8 Å². The Labute approximate surface area is 212 Å². The fourth-order valence-electron chi connectivity index (χ4n) is 4.39. The van der Waals surface area contributed by atoms with Crippen LogP contribution in [0.4, 0.5) is 0 Å². The highest BCUT2D eigenvalue weighted by Gasteiger charge is 2.47. The van der Waals surface area contributed by atoms with Crippen LogP contribution in [-0.4, -0.2) is 111 Å². The van der Waals surface area contributed by atoms with Gasteiger partial charge < -0.3 is 54.9 Å². The molecule has 0 aromatic heterocycles. The lowest BCUT2D eigenvalue weighted by molar-refractivity contribution is -0.842. The molecule has 3 aliphatic heterocycles. The summed E-state index contributed by atoms with van der Waals surface area (Å²) in [7, 11) is 0. The van der Waals surface area contributed by atoms with E-state index in [-0.39, 0.29) is 24.3 Å². The number of carbonyl (C=O) groups is 2. The van der Waals surface area contributed by atoms with Gasteiger partial charge in [-0.1, -0.05) is 18.2 Å². The molecule has 0 radical (unpaired) electrons. The summed E-state index contributed by atoms with van der Waals surface area (Å²) in [5.74, 6) is -4.11. The first-order valence-electron chi connectivity index (χ1n) is 11.6. The quantitative estimate of drug-likeness (QED) is 0.133. The van der Waals surface area contributed by atoms with E-state index in [0.29, 0.717) is 17.0 Å². The lowest BCUT2D eigenvalue weighted by atomic mass is 9.83. The van der Waals surface area contributed by atoms with Gasteiger partial charge in [-0.05, 0) is 6.08 Å². The molecule has 3 aliphatic rings. The van der Waals surface area contributed by atoms with E-state index in [1.807, 2.05) is 0 Å². The van der Waals surface area contributed by atoms with Crippen LogP contribution < -0.4 is 4.90 Å². The summed E-state index contributed by atoms with van der Waals surface area (Å²) in [5, 5.41) is 68.1. The molecule has 13 heteroatoms. The molecule has 1 saturated heterocycles. The smallest absolute Gasteiger partial charge is 0.341 e. The second kappa shape index (κ2) is 12.6. The lowest BCUT2D eigenvalue weighted by Gasteiger charge is -2.42. The Hall–Kier alpha value is -2.88. The maximum atomic E-state index is 11.9. The maximum Gasteiger partial charge on any atom is 0.341 e. The third-order valence-electron chi connectivity index (χ3n) is 6.38. The van der Waals surface area contributed by atoms with Crippen LogP contribution in [0.5, 0.6) is 0 Å². The summed E-state index contributed by atoms with van der Waals surface area (Å²) >= 11 is 0. The van der Waals surface area contributed by atoms with Crippen molar-refractivity contribution in [1.29, 1.82) is 0 Å². The lowest BCUT2D eigenvalue weighted by Crippen LogP contribution is -3.08. The van der Waals surface area contributed by atoms with E-state index in [2.05, 4.69) is 6.58 Å². The third-order valence-corrected chi connectivity index (χ3v) is 6.38. The number of aliphatic hydroxyl groups excluding tert-OH is 5. The van der Waals surface area contributed by atoms with Crippen molar-refractivity contribution in [2.45, 2.75) is 37.0 Å². The van der Waals surface area contributed by atoms with Crippen molar-refractivity contribution in [3.63, 3.8) is 0 Å². The van der Waals surface area contributed by atoms with Gasteiger partial charge in [-0.3, -0.25) is 0 Å². The SMILES string of the molecule is C=CC1C(OC2OC(CO)C(O)C(O)C2O)OC=C(C(=O)O)C1C=CC1=CC(C(=O)O)=C[NH+](CCO)C1. The number of ether oxygens (including phenoxy) is 3. The minimum Gasteiger partial charge on any atom is -0.478 e. The Morgan fingerprint density at radius 3 is 2.43 bits per heavy atom. The average Bonchev–Trinajstić information content (AvgIpc) is 2.87. The van der Waals surface area contributed by atoms with Gasteiger partial charge in [0.05, 0.1) is 31.0 Å². The van der Waals surface area contributed by atoms with Crippen LogP contribution in [0.3, 0.4) is 0 Å². The van der Waals surface area contributed by atoms with Crippen molar-refractivity contribution in [2.75, 3.05) is 26.3 Å². The van der Waals surface area contributed by atoms with Gasteiger partial charge in [-0.2, -0.15) is 0 Å². The molecule has 9 atom stereocenters. The van der Waals surface area contributed by atoms with Gasteiger partial charge >= 0.3 is 11.9 Å². The second-order valence-corrected chi connectivity index (χ2v) is 8.85. The van der Waals surface area contributed by atoms with Crippen molar-refractivity contribution < 1.29 is 64.4 Å². The number of carboxylic acids is 2. The zero-order chi connectivity index (χ0) is 27.3. The van der Waals surface area contributed by atoms with Gasteiger partial charge in [-0.15, -0.1) is 6.58 Å². The largest absolute Gasteiger partial charge is 0.478 e. The van der Waals surface area contributed by atoms with Crippen molar-refractivity contribution >= 4 is 11.9 Å². The molecular weight excluding hydrogens is 494 g/mol. The number of allylic oxidation sites excluding steroid dienone is 1. The van der Waals surface area contributed by atoms with E-state index < -0.39 is 67.4 Å². The van der Waals surface area contributed by atoms with E-state index >= 15 is 0 Å². The number of hydrogen-bond donors (Lipinski definition) is 8. The molecule has 204 valence electrons. The highest BCUT2D eigenvalue weighted by molar-refractivity contribution is 5.90. The summed E-state index contributed by atoms with van der Waals surface area (Å²) in [5.41, 5.74) is 0.466. The number of aliphatic carboxylic acids is 2. The van der Waals surface area contributed by atoms with E-state index in [4.69, 9.17) is 14.2 Å². The number of nitrogens with one attached hydrogen (secondary N) is 1. The number of quaternary nitrogens is 1. The summed E-state index contributed by atoms with van der Waals surface area (Å²) in [6, 6.07) is 0. The Morgan fingerprint density at radius 1 is 1.11 bits per heavy atom. The van der Waals surface area contributed by atoms with Gasteiger partial charge in [0.2, 0.25) is 6.29 Å². The minimum atomic E-state index is -1.69. The molecule has 0 aromatic carbocycles. The van der Waals surface area contributed by atoms with Crippen LogP contribution in [0, 0.1) is 11.8 Å². The molecule has 13 nitrogen and oxygen atoms in total. The molecule has 3 heterocycles. The van der Waals surface area contributed by atoms with E-state index in [1.54, 1.807) is 12.2 Å². The normalized spacial score (nSPS) is 36.2. The van der Waals surface area contributed by atoms with Crippen LogP contribution in [0.2, 0.25) is 0 Å². The van der Waals surface area contributed by atoms with Crippen molar-refractivity contribution in [2.24, 2.45) is 11.8 Å². The maximum absolute atomic E-state index is 11.9. The van der Waals surface area contributed by atoms with Crippen molar-refractivity contribution in [3.8, 4) is 0 Å². The first-order valence-corrected chi connectivity index (χ1v) is 11.6. The Bertz CT molecular complexity index is 986. The Morgan fingerprint density at radius 2 is 1.84 bits per heavy atom. The minimum absolute atomic E-state index is 0.0272. The number of carboxylic acid groups (broad SMARTS) is 2. The standard InChI is InChI=1S/C24H31NO12/c1-2-14-15(4-3-12-7-13(21(31)32)9-25(8-12)5-6-26)16(22(33)34)11-35-23(14)37-24-20(30)19(29)18(28)17(10-27)36-24/h2-4,7,9,11,14-15,17-20,23-24,26-30H,1,5-6,8,10H2,(H,31,32)(H,33,34)/p+1. The fourth-order valence-corrected chi connectivity index (χ4v) is 4.39. The number of rotatable bonds is 10. The molecule has 0 bridgehead atoms. The molecule has 1 fully saturated rings. The zero-order valence-corrected chi connectivity index (χ0v) is 19.8. The molecular formula is C24H32NO12+. The molecule has 37 heavy (non-hydrogen) atoms. The molecule has 0 amide bonds. The molecule has 8 N–H and O–H groups in total. The topological polar surface area (TPSA) is 208 Å². The first-order chi connectivity index (χ1) is 17.6. The predicted octanol–water partition coefficient (Wildman–Crippen LogP) is -3.11. The van der Waals surface area contributed by atoms with Crippen molar-refractivity contribution in [1.82, 2.24) is 0 Å². The fraction of sp³-hybridized carbons (Fsp3) is 0.500. The predicted molar refractivity (Wildman–Crippen MR) is 123 cm³/mol. The van der Waals surface area contributed by atoms with Gasteiger partial charge in [0.1, 0.15) is 49.3 Å². The molecule has 9 unspecified atom stereocenters. The molecule has 3 rings (SSSR count). The number of hydrogen-bond acceptors (Lipinski definition) is 10. The molecule has 0 saturated carbocycles. The summed E-state index contributed by atoms with van der Waals surface area (Å²) in [6.07, 6.45) is -0.484. The summed E-state index contributed by atoms with van der Waals surface area (Å²) in [4.78, 5) is 24.1. The van der Waals surface area contributed by atoms with Gasteiger partial charge in [0, 0.05) is 11.5 Å². The monoisotopic (exact) mass is 526 g/mol. The van der Waals surface area contributed by atoms with E-state index in [0.717, 1.165) is 6.26 Å². The van der Waals surface area contributed by atoms with Crippen LogP contribution >= 0.6 is 0 Å². The highest BCUT2D eigenvalue weighted by atomic mass is 16.8. The van der Waals surface area contributed by atoms with Crippen molar-refractivity contribution in [3.05, 3.63) is 60.1 Å². The third kappa shape index (κ3) is 6.52. The average molecular weight is 527 g/mol. The van der Waals surface area contributed by atoms with Gasteiger partial charge in [0.25, 0.3) is 0 Å². The van der Waals surface area contributed by atoms with Crippen LogP contribution in [0.1, 0.15) is 0 Å². The Balaban J connectivity index is 1.85. The van der Waals surface area contributed by atoms with E-state index in [1.165, 1.54) is 18.4 Å². The zero-order valence-electron chi connectivity index (χ0n) is 19.8. The second-order valence-electron chi connectivity index (χ2n) is 8.85. The number of aliphatic hydroxyl groups is 5. The van der Waals surface area contributed by atoms with Crippen LogP contribution in [0.15, 0.2) is 60.1 Å². The van der Waals surface area contributed by atoms with Gasteiger partial charge in [0.15, 0.2) is 6.29 Å².